The highest BCUT2D eigenvalue weighted by molar-refractivity contribution is 6.30. The van der Waals surface area contributed by atoms with Crippen molar-refractivity contribution in [1.29, 1.82) is 0 Å². The van der Waals surface area contributed by atoms with E-state index in [0.717, 1.165) is 41.5 Å². The molecule has 2 atom stereocenters. The van der Waals surface area contributed by atoms with E-state index in [0.29, 0.717) is 12.5 Å². The minimum Gasteiger partial charge on any atom is -0.487 e. The van der Waals surface area contributed by atoms with Crippen LogP contribution < -0.4 is 9.64 Å². The average molecular weight is 383 g/mol. The maximum atomic E-state index is 13.6. The number of ether oxygens (including phenoxy) is 1. The van der Waals surface area contributed by atoms with E-state index >= 15 is 0 Å². The van der Waals surface area contributed by atoms with Crippen molar-refractivity contribution in [3.8, 4) is 5.75 Å². The molecule has 3 aliphatic rings. The summed E-state index contributed by atoms with van der Waals surface area (Å²) in [5, 5.41) is 0.731. The summed E-state index contributed by atoms with van der Waals surface area (Å²) in [4.78, 5) is 17.8. The lowest BCUT2D eigenvalue weighted by Gasteiger charge is -2.32. The van der Waals surface area contributed by atoms with Gasteiger partial charge >= 0.3 is 0 Å². The Morgan fingerprint density at radius 2 is 1.96 bits per heavy atom. The molecule has 5 heteroatoms. The van der Waals surface area contributed by atoms with E-state index in [1.165, 1.54) is 12.8 Å². The third kappa shape index (κ3) is 3.44. The molecule has 2 fully saturated rings. The van der Waals surface area contributed by atoms with E-state index in [4.69, 9.17) is 16.3 Å². The molecule has 1 saturated heterocycles. The summed E-state index contributed by atoms with van der Waals surface area (Å²) < 4.78 is 6.34. The number of carbonyl (C=O) groups is 1. The highest BCUT2D eigenvalue weighted by Crippen LogP contribution is 2.39. The van der Waals surface area contributed by atoms with Gasteiger partial charge in [0, 0.05) is 31.1 Å². The maximum Gasteiger partial charge on any atom is 0.244 e. The van der Waals surface area contributed by atoms with Gasteiger partial charge in [0.25, 0.3) is 0 Å². The summed E-state index contributed by atoms with van der Waals surface area (Å²) in [5.41, 5.74) is 2.06. The number of hydrogen-bond acceptors (Lipinski definition) is 3. The molecule has 5 rings (SSSR count). The van der Waals surface area contributed by atoms with Crippen molar-refractivity contribution in [3.05, 3.63) is 59.1 Å². The van der Waals surface area contributed by atoms with Crippen molar-refractivity contribution < 1.29 is 9.53 Å². The Morgan fingerprint density at radius 3 is 2.78 bits per heavy atom. The standard InChI is InChI=1S/C22H23ClN2O2/c23-17-5-3-4-16(10-17)12-24-14-18-11-20(24)22(26)25(13-15-8-9-15)19-6-1-2-7-21(19)27-18/h1-7,10,15,18,20H,8-9,11-14H2. The molecule has 2 aromatic rings. The second-order valence-corrected chi connectivity index (χ2v) is 8.35. The number of hydrogen-bond donors (Lipinski definition) is 0. The van der Waals surface area contributed by atoms with Gasteiger partial charge in [0.2, 0.25) is 5.91 Å². The first-order valence-electron chi connectivity index (χ1n) is 9.73. The van der Waals surface area contributed by atoms with Crippen molar-refractivity contribution >= 4 is 23.2 Å². The number of rotatable bonds is 4. The van der Waals surface area contributed by atoms with Gasteiger partial charge in [-0.1, -0.05) is 35.9 Å². The zero-order valence-corrected chi connectivity index (χ0v) is 15.9. The van der Waals surface area contributed by atoms with Crippen LogP contribution in [0.1, 0.15) is 24.8 Å². The second kappa shape index (κ2) is 6.84. The average Bonchev–Trinajstić information content (AvgIpc) is 3.39. The number of nitrogens with zero attached hydrogens (tertiary/aromatic N) is 2. The lowest BCUT2D eigenvalue weighted by atomic mass is 10.1. The van der Waals surface area contributed by atoms with Crippen LogP contribution in [0.4, 0.5) is 5.69 Å². The van der Waals surface area contributed by atoms with Gasteiger partial charge < -0.3 is 9.64 Å². The van der Waals surface area contributed by atoms with Gasteiger partial charge in [0.15, 0.2) is 0 Å². The zero-order chi connectivity index (χ0) is 18.4. The number of benzene rings is 2. The van der Waals surface area contributed by atoms with Crippen LogP contribution in [0.2, 0.25) is 5.02 Å². The molecular formula is C22H23ClN2O2. The predicted molar refractivity (Wildman–Crippen MR) is 106 cm³/mol. The molecule has 2 heterocycles. The van der Waals surface area contributed by atoms with E-state index < -0.39 is 0 Å². The molecule has 2 aromatic carbocycles. The lowest BCUT2D eigenvalue weighted by molar-refractivity contribution is -0.123. The molecule has 140 valence electrons. The predicted octanol–water partition coefficient (Wildman–Crippen LogP) is 4.12. The van der Waals surface area contributed by atoms with Crippen LogP contribution in [0.25, 0.3) is 0 Å². The summed E-state index contributed by atoms with van der Waals surface area (Å²) in [5.74, 6) is 1.67. The van der Waals surface area contributed by atoms with Gasteiger partial charge in [0.05, 0.1) is 11.7 Å². The summed E-state index contributed by atoms with van der Waals surface area (Å²) in [6.07, 6.45) is 3.22. The summed E-state index contributed by atoms with van der Waals surface area (Å²) in [6.45, 7) is 2.27. The molecule has 0 radical (unpaired) electrons. The van der Waals surface area contributed by atoms with Gasteiger partial charge in [-0.25, -0.2) is 0 Å². The van der Waals surface area contributed by atoms with Crippen molar-refractivity contribution in [3.63, 3.8) is 0 Å². The van der Waals surface area contributed by atoms with Crippen LogP contribution in [-0.4, -0.2) is 36.0 Å². The highest BCUT2D eigenvalue weighted by Gasteiger charge is 2.43. The molecule has 1 saturated carbocycles. The molecule has 2 bridgehead atoms. The smallest absolute Gasteiger partial charge is 0.244 e. The number of carbonyl (C=O) groups excluding carboxylic acids is 1. The molecule has 27 heavy (non-hydrogen) atoms. The number of halogens is 1. The van der Waals surface area contributed by atoms with E-state index in [1.807, 2.05) is 47.4 Å². The summed E-state index contributed by atoms with van der Waals surface area (Å²) in [6, 6.07) is 15.7. The molecule has 4 nitrogen and oxygen atoms in total. The van der Waals surface area contributed by atoms with Crippen LogP contribution in [0.5, 0.6) is 5.75 Å². The molecule has 0 aromatic heterocycles. The molecule has 2 aliphatic heterocycles. The largest absolute Gasteiger partial charge is 0.487 e. The van der Waals surface area contributed by atoms with Crippen LogP contribution in [0, 0.1) is 5.92 Å². The van der Waals surface area contributed by atoms with Gasteiger partial charge in [-0.05, 0) is 48.6 Å². The minimum atomic E-state index is -0.138. The topological polar surface area (TPSA) is 32.8 Å². The first-order chi connectivity index (χ1) is 13.2. The van der Waals surface area contributed by atoms with E-state index in [2.05, 4.69) is 11.0 Å². The monoisotopic (exact) mass is 382 g/mol. The normalized spacial score (nSPS) is 24.9. The second-order valence-electron chi connectivity index (χ2n) is 7.91. The molecular weight excluding hydrogens is 360 g/mol. The minimum absolute atomic E-state index is 0.0439. The number of fused-ring (bicyclic) bond motifs is 3. The Hall–Kier alpha value is -2.04. The summed E-state index contributed by atoms with van der Waals surface area (Å²) in [7, 11) is 0. The van der Waals surface area contributed by atoms with Crippen molar-refractivity contribution in [2.75, 3.05) is 18.0 Å². The fourth-order valence-corrected chi connectivity index (χ4v) is 4.47. The zero-order valence-electron chi connectivity index (χ0n) is 15.2. The molecule has 1 amide bonds. The van der Waals surface area contributed by atoms with Gasteiger partial charge in [-0.2, -0.15) is 0 Å². The lowest BCUT2D eigenvalue weighted by Crippen LogP contribution is -2.46. The van der Waals surface area contributed by atoms with Crippen LogP contribution in [-0.2, 0) is 11.3 Å². The van der Waals surface area contributed by atoms with Crippen LogP contribution in [0.15, 0.2) is 48.5 Å². The Kier molecular flexibility index (Phi) is 4.33. The van der Waals surface area contributed by atoms with Crippen molar-refractivity contribution in [2.45, 2.75) is 38.0 Å². The molecule has 1 aliphatic carbocycles. The first kappa shape index (κ1) is 17.1. The fraction of sp³-hybridized carbons (Fsp3) is 0.409. The Balaban J connectivity index is 1.46. The molecule has 0 N–H and O–H groups in total. The molecule has 0 spiro atoms. The summed E-state index contributed by atoms with van der Waals surface area (Å²) >= 11 is 6.15. The Labute approximate surface area is 164 Å². The third-order valence-electron chi connectivity index (χ3n) is 5.78. The van der Waals surface area contributed by atoms with Gasteiger partial charge in [-0.3, -0.25) is 9.69 Å². The molecule has 2 unspecified atom stereocenters. The maximum absolute atomic E-state index is 13.6. The van der Waals surface area contributed by atoms with Crippen LogP contribution in [0.3, 0.4) is 0 Å². The number of para-hydroxylation sites is 2. The van der Waals surface area contributed by atoms with Gasteiger partial charge in [-0.15, -0.1) is 0 Å². The number of amides is 1. The third-order valence-corrected chi connectivity index (χ3v) is 6.01. The van der Waals surface area contributed by atoms with Crippen LogP contribution >= 0.6 is 11.6 Å². The first-order valence-corrected chi connectivity index (χ1v) is 10.1. The Bertz CT molecular complexity index is 867. The SMILES string of the molecule is O=C1C2CC(CN2Cc2cccc(Cl)c2)Oc2ccccc2N1CC1CC1. The van der Waals surface area contributed by atoms with Crippen molar-refractivity contribution in [1.82, 2.24) is 4.90 Å². The number of anilines is 1. The van der Waals surface area contributed by atoms with E-state index in [-0.39, 0.29) is 18.1 Å². The van der Waals surface area contributed by atoms with Gasteiger partial charge in [0.1, 0.15) is 11.9 Å². The fourth-order valence-electron chi connectivity index (χ4n) is 4.25. The van der Waals surface area contributed by atoms with E-state index in [1.54, 1.807) is 0 Å². The van der Waals surface area contributed by atoms with Crippen molar-refractivity contribution in [2.24, 2.45) is 5.92 Å². The Morgan fingerprint density at radius 1 is 1.11 bits per heavy atom. The number of likely N-dealkylation sites (tertiary alicyclic amines) is 1. The quantitative estimate of drug-likeness (QED) is 0.797. The van der Waals surface area contributed by atoms with E-state index in [9.17, 15) is 4.79 Å². The highest BCUT2D eigenvalue weighted by atomic mass is 35.5.